The lowest BCUT2D eigenvalue weighted by atomic mass is 9.99. The predicted molar refractivity (Wildman–Crippen MR) is 106 cm³/mol. The molecule has 2 aromatic carbocycles. The Morgan fingerprint density at radius 3 is 2.41 bits per heavy atom. The van der Waals surface area contributed by atoms with Gasteiger partial charge in [0.25, 0.3) is 5.91 Å². The van der Waals surface area contributed by atoms with Crippen LogP contribution in [0.25, 0.3) is 16.5 Å². The second-order valence-corrected chi connectivity index (χ2v) is 6.60. The molecule has 2 heterocycles. The lowest BCUT2D eigenvalue weighted by molar-refractivity contribution is 0.0768. The number of nitrogens with zero attached hydrogens (tertiary/aromatic N) is 1. The molecule has 4 rings (SSSR count). The fraction of sp³-hybridized carbons (Fsp3) is 0.227. The number of H-pyrrole nitrogens is 1. The van der Waals surface area contributed by atoms with Crippen LogP contribution in [0.3, 0.4) is 0 Å². The molecule has 0 saturated heterocycles. The number of fused-ring (bicyclic) bond motifs is 1. The number of carbonyl (C=O) groups is 1. The minimum atomic E-state index is 0.0233. The van der Waals surface area contributed by atoms with Crippen LogP contribution in [-0.2, 0) is 0 Å². The third kappa shape index (κ3) is 3.40. The Morgan fingerprint density at radius 1 is 1.00 bits per heavy atom. The van der Waals surface area contributed by atoms with Crippen molar-refractivity contribution in [2.75, 3.05) is 27.3 Å². The zero-order valence-electron chi connectivity index (χ0n) is 15.5. The van der Waals surface area contributed by atoms with E-state index in [2.05, 4.69) is 23.2 Å². The summed E-state index contributed by atoms with van der Waals surface area (Å²) in [6.07, 6.45) is 2.97. The number of carbonyl (C=O) groups excluding carboxylic acids is 1. The highest BCUT2D eigenvalue weighted by atomic mass is 16.5. The van der Waals surface area contributed by atoms with Crippen molar-refractivity contribution in [3.05, 3.63) is 65.9 Å². The molecule has 1 aliphatic heterocycles. The van der Waals surface area contributed by atoms with Gasteiger partial charge in [-0.05, 0) is 47.9 Å². The van der Waals surface area contributed by atoms with Gasteiger partial charge in [0, 0.05) is 30.1 Å². The van der Waals surface area contributed by atoms with Gasteiger partial charge in [0.2, 0.25) is 0 Å². The van der Waals surface area contributed by atoms with E-state index < -0.39 is 0 Å². The SMILES string of the molecule is COc1ccc(C2=CCN(C(=O)c3cc4ccc(OC)cc4[nH]3)CC2)cc1. The third-order valence-electron chi connectivity index (χ3n) is 5.02. The van der Waals surface area contributed by atoms with E-state index in [0.717, 1.165) is 28.8 Å². The number of aromatic amines is 1. The summed E-state index contributed by atoms with van der Waals surface area (Å²) in [5.41, 5.74) is 3.97. The first-order chi connectivity index (χ1) is 13.2. The van der Waals surface area contributed by atoms with Crippen molar-refractivity contribution in [1.29, 1.82) is 0 Å². The molecule has 0 saturated carbocycles. The van der Waals surface area contributed by atoms with E-state index in [9.17, 15) is 4.79 Å². The van der Waals surface area contributed by atoms with Crippen LogP contribution in [0.2, 0.25) is 0 Å². The number of ether oxygens (including phenoxy) is 2. The first-order valence-corrected chi connectivity index (χ1v) is 8.97. The van der Waals surface area contributed by atoms with Gasteiger partial charge in [0.15, 0.2) is 0 Å². The maximum Gasteiger partial charge on any atom is 0.270 e. The van der Waals surface area contributed by atoms with Crippen LogP contribution < -0.4 is 9.47 Å². The van der Waals surface area contributed by atoms with Gasteiger partial charge in [-0.15, -0.1) is 0 Å². The second kappa shape index (κ2) is 7.19. The maximum atomic E-state index is 12.9. The number of amides is 1. The Bertz CT molecular complexity index is 1000. The molecule has 0 fully saturated rings. The van der Waals surface area contributed by atoms with Gasteiger partial charge in [0.05, 0.1) is 14.2 Å². The molecular formula is C22H22N2O3. The first-order valence-electron chi connectivity index (χ1n) is 8.97. The molecule has 1 aromatic heterocycles. The molecule has 138 valence electrons. The molecule has 27 heavy (non-hydrogen) atoms. The number of aromatic nitrogens is 1. The lowest BCUT2D eigenvalue weighted by Gasteiger charge is -2.26. The summed E-state index contributed by atoms with van der Waals surface area (Å²) >= 11 is 0. The lowest BCUT2D eigenvalue weighted by Crippen LogP contribution is -2.34. The Morgan fingerprint density at radius 2 is 1.74 bits per heavy atom. The Hall–Kier alpha value is -3.21. The maximum absolute atomic E-state index is 12.9. The van der Waals surface area contributed by atoms with Crippen LogP contribution in [-0.4, -0.2) is 43.1 Å². The van der Waals surface area contributed by atoms with Crippen molar-refractivity contribution in [2.24, 2.45) is 0 Å². The molecule has 5 heteroatoms. The van der Waals surface area contributed by atoms with Crippen molar-refractivity contribution in [1.82, 2.24) is 9.88 Å². The second-order valence-electron chi connectivity index (χ2n) is 6.60. The Balaban J connectivity index is 1.49. The summed E-state index contributed by atoms with van der Waals surface area (Å²) in [5.74, 6) is 1.64. The summed E-state index contributed by atoms with van der Waals surface area (Å²) in [4.78, 5) is 18.0. The number of methoxy groups -OCH3 is 2. The standard InChI is InChI=1S/C22H22N2O3/c1-26-18-6-3-15(4-7-18)16-9-11-24(12-10-16)22(25)21-13-17-5-8-19(27-2)14-20(17)23-21/h3-9,13-14,23H,10-12H2,1-2H3. The molecule has 1 N–H and O–H groups in total. The predicted octanol–water partition coefficient (Wildman–Crippen LogP) is 4.11. The van der Waals surface area contributed by atoms with Crippen LogP contribution in [0, 0.1) is 0 Å². The van der Waals surface area contributed by atoms with E-state index in [1.165, 1.54) is 11.1 Å². The highest BCUT2D eigenvalue weighted by molar-refractivity contribution is 5.98. The van der Waals surface area contributed by atoms with E-state index in [4.69, 9.17) is 9.47 Å². The number of benzene rings is 2. The van der Waals surface area contributed by atoms with Crippen LogP contribution in [0.5, 0.6) is 11.5 Å². The van der Waals surface area contributed by atoms with Crippen molar-refractivity contribution in [2.45, 2.75) is 6.42 Å². The van der Waals surface area contributed by atoms with Crippen molar-refractivity contribution >= 4 is 22.4 Å². The van der Waals surface area contributed by atoms with Crippen LogP contribution in [0.4, 0.5) is 0 Å². The van der Waals surface area contributed by atoms with Crippen LogP contribution >= 0.6 is 0 Å². The molecule has 0 bridgehead atoms. The van der Waals surface area contributed by atoms with Crippen molar-refractivity contribution in [3.8, 4) is 11.5 Å². The zero-order valence-corrected chi connectivity index (χ0v) is 15.5. The number of hydrogen-bond acceptors (Lipinski definition) is 3. The summed E-state index contributed by atoms with van der Waals surface area (Å²) in [6, 6.07) is 15.7. The number of hydrogen-bond donors (Lipinski definition) is 1. The minimum Gasteiger partial charge on any atom is -0.497 e. The quantitative estimate of drug-likeness (QED) is 0.760. The smallest absolute Gasteiger partial charge is 0.270 e. The number of nitrogens with one attached hydrogen (secondary N) is 1. The van der Waals surface area contributed by atoms with Gasteiger partial charge in [-0.3, -0.25) is 4.79 Å². The molecule has 1 aliphatic rings. The Kier molecular flexibility index (Phi) is 4.59. The molecule has 1 amide bonds. The van der Waals surface area contributed by atoms with Crippen LogP contribution in [0.15, 0.2) is 54.6 Å². The van der Waals surface area contributed by atoms with Gasteiger partial charge < -0.3 is 19.4 Å². The Labute approximate surface area is 158 Å². The molecule has 3 aromatic rings. The number of rotatable bonds is 4. The monoisotopic (exact) mass is 362 g/mol. The zero-order chi connectivity index (χ0) is 18.8. The molecule has 0 spiro atoms. The molecular weight excluding hydrogens is 340 g/mol. The molecule has 0 atom stereocenters. The van der Waals surface area contributed by atoms with E-state index >= 15 is 0 Å². The summed E-state index contributed by atoms with van der Waals surface area (Å²) in [6.45, 7) is 1.31. The highest BCUT2D eigenvalue weighted by Gasteiger charge is 2.21. The average molecular weight is 362 g/mol. The van der Waals surface area contributed by atoms with Gasteiger partial charge in [-0.25, -0.2) is 0 Å². The van der Waals surface area contributed by atoms with Crippen molar-refractivity contribution < 1.29 is 14.3 Å². The molecule has 0 unspecified atom stereocenters. The van der Waals surface area contributed by atoms with E-state index in [-0.39, 0.29) is 5.91 Å². The van der Waals surface area contributed by atoms with Gasteiger partial charge >= 0.3 is 0 Å². The van der Waals surface area contributed by atoms with Crippen LogP contribution in [0.1, 0.15) is 22.5 Å². The van der Waals surface area contributed by atoms with Gasteiger partial charge in [-0.1, -0.05) is 18.2 Å². The summed E-state index contributed by atoms with van der Waals surface area (Å²) in [7, 11) is 3.30. The minimum absolute atomic E-state index is 0.0233. The average Bonchev–Trinajstić information content (AvgIpc) is 3.16. The fourth-order valence-corrected chi connectivity index (χ4v) is 3.44. The first kappa shape index (κ1) is 17.2. The van der Waals surface area contributed by atoms with Gasteiger partial charge in [0.1, 0.15) is 17.2 Å². The third-order valence-corrected chi connectivity index (χ3v) is 5.02. The van der Waals surface area contributed by atoms with Gasteiger partial charge in [-0.2, -0.15) is 0 Å². The summed E-state index contributed by atoms with van der Waals surface area (Å²) < 4.78 is 10.5. The largest absolute Gasteiger partial charge is 0.497 e. The molecule has 5 nitrogen and oxygen atoms in total. The van der Waals surface area contributed by atoms with E-state index in [1.54, 1.807) is 14.2 Å². The highest BCUT2D eigenvalue weighted by Crippen LogP contribution is 2.26. The van der Waals surface area contributed by atoms with E-state index in [0.29, 0.717) is 18.8 Å². The van der Waals surface area contributed by atoms with E-state index in [1.807, 2.05) is 41.3 Å². The fourth-order valence-electron chi connectivity index (χ4n) is 3.44. The molecule has 0 aliphatic carbocycles. The normalized spacial score (nSPS) is 14.1. The summed E-state index contributed by atoms with van der Waals surface area (Å²) in [5, 5.41) is 1.01. The van der Waals surface area contributed by atoms with Crippen molar-refractivity contribution in [3.63, 3.8) is 0 Å². The molecule has 0 radical (unpaired) electrons. The topological polar surface area (TPSA) is 54.6 Å².